The molecule has 0 radical (unpaired) electrons. The predicted molar refractivity (Wildman–Crippen MR) is 121 cm³/mol. The highest BCUT2D eigenvalue weighted by atomic mass is 16.5. The molecule has 2 aromatic carbocycles. The number of carbonyl (C=O) groups is 3. The minimum atomic E-state index is -0.790. The van der Waals surface area contributed by atoms with Crippen LogP contribution in [0.15, 0.2) is 48.5 Å². The van der Waals surface area contributed by atoms with Gasteiger partial charge < -0.3 is 35.8 Å². The van der Waals surface area contributed by atoms with Crippen molar-refractivity contribution >= 4 is 23.5 Å². The number of hydrogen-bond donors (Lipinski definition) is 4. The van der Waals surface area contributed by atoms with Gasteiger partial charge in [-0.3, -0.25) is 9.59 Å². The molecule has 0 bridgehead atoms. The molecule has 10 nitrogen and oxygen atoms in total. The Kier molecular flexibility index (Phi) is 8.09. The molecule has 2 atom stereocenters. The van der Waals surface area contributed by atoms with E-state index in [1.807, 2.05) is 0 Å². The summed E-state index contributed by atoms with van der Waals surface area (Å²) >= 11 is 0. The molecule has 0 spiro atoms. The van der Waals surface area contributed by atoms with Gasteiger partial charge in [0.1, 0.15) is 11.5 Å². The third-order valence-electron chi connectivity index (χ3n) is 5.23. The Morgan fingerprint density at radius 2 is 1.91 bits per heavy atom. The third kappa shape index (κ3) is 6.84. The third-order valence-corrected chi connectivity index (χ3v) is 5.23. The first kappa shape index (κ1) is 23.9. The molecular weight excluding hydrogens is 428 g/mol. The van der Waals surface area contributed by atoms with Crippen LogP contribution in [0.3, 0.4) is 0 Å². The first-order valence-electron chi connectivity index (χ1n) is 10.6. The van der Waals surface area contributed by atoms with Gasteiger partial charge in [-0.2, -0.15) is 0 Å². The number of aliphatic hydroxyl groups is 1. The number of anilines is 1. The maximum Gasteiger partial charge on any atom is 0.321 e. The van der Waals surface area contributed by atoms with Gasteiger partial charge in [0.25, 0.3) is 11.8 Å². The Morgan fingerprint density at radius 1 is 1.15 bits per heavy atom. The molecule has 4 amide bonds. The number of carbonyl (C=O) groups excluding carboxylic acids is 3. The van der Waals surface area contributed by atoms with Crippen LogP contribution >= 0.6 is 0 Å². The SMILES string of the molecule is COc1cccc(NC(=O)N2CCCC(O)C(NC(=O)c3ccc(OCC(N)=O)cc3)C2)c1. The summed E-state index contributed by atoms with van der Waals surface area (Å²) < 4.78 is 10.4. The van der Waals surface area contributed by atoms with Crippen LogP contribution < -0.4 is 25.8 Å². The lowest BCUT2D eigenvalue weighted by Crippen LogP contribution is -2.50. The van der Waals surface area contributed by atoms with E-state index in [2.05, 4.69) is 10.6 Å². The van der Waals surface area contributed by atoms with Gasteiger partial charge in [0, 0.05) is 30.4 Å². The fourth-order valence-electron chi connectivity index (χ4n) is 3.48. The number of ether oxygens (including phenoxy) is 2. The number of urea groups is 1. The van der Waals surface area contributed by atoms with Gasteiger partial charge in [-0.25, -0.2) is 4.79 Å². The Bertz CT molecular complexity index is 981. The Morgan fingerprint density at radius 3 is 2.61 bits per heavy atom. The first-order valence-corrected chi connectivity index (χ1v) is 10.6. The zero-order valence-corrected chi connectivity index (χ0v) is 18.3. The molecule has 1 aliphatic rings. The molecule has 1 fully saturated rings. The lowest BCUT2D eigenvalue weighted by atomic mass is 10.1. The molecule has 0 saturated carbocycles. The number of nitrogens with one attached hydrogen (secondary N) is 2. The van der Waals surface area contributed by atoms with Gasteiger partial charge in [-0.05, 0) is 49.2 Å². The average Bonchev–Trinajstić information content (AvgIpc) is 2.99. The first-order chi connectivity index (χ1) is 15.9. The molecule has 3 rings (SSSR count). The van der Waals surface area contributed by atoms with E-state index in [0.717, 1.165) is 0 Å². The molecule has 10 heteroatoms. The van der Waals surface area contributed by atoms with Crippen molar-refractivity contribution in [1.29, 1.82) is 0 Å². The molecule has 0 aromatic heterocycles. The minimum Gasteiger partial charge on any atom is -0.497 e. The summed E-state index contributed by atoms with van der Waals surface area (Å²) in [4.78, 5) is 37.9. The van der Waals surface area contributed by atoms with E-state index in [1.54, 1.807) is 60.5 Å². The van der Waals surface area contributed by atoms with Crippen LogP contribution in [0.2, 0.25) is 0 Å². The number of hydrogen-bond acceptors (Lipinski definition) is 6. The summed E-state index contributed by atoms with van der Waals surface area (Å²) in [5.41, 5.74) is 5.99. The molecule has 33 heavy (non-hydrogen) atoms. The standard InChI is InChI=1S/C23H28N4O6/c1-32-18-5-2-4-16(12-18)25-23(31)27-11-3-6-20(28)19(13-27)26-22(30)15-7-9-17(10-8-15)33-14-21(24)29/h2,4-5,7-10,12,19-20,28H,3,6,11,13-14H2,1H3,(H2,24,29)(H,25,31)(H,26,30). The summed E-state index contributed by atoms with van der Waals surface area (Å²) in [7, 11) is 1.55. The monoisotopic (exact) mass is 456 g/mol. The molecular formula is C23H28N4O6. The van der Waals surface area contributed by atoms with Gasteiger partial charge in [-0.15, -0.1) is 0 Å². The normalized spacial score (nSPS) is 18.1. The highest BCUT2D eigenvalue weighted by Crippen LogP contribution is 2.19. The van der Waals surface area contributed by atoms with Crippen molar-refractivity contribution in [3.05, 3.63) is 54.1 Å². The number of amides is 4. The van der Waals surface area contributed by atoms with Gasteiger partial charge in [0.15, 0.2) is 6.61 Å². The summed E-state index contributed by atoms with van der Waals surface area (Å²) in [6.45, 7) is 0.348. The molecule has 1 aliphatic heterocycles. The van der Waals surface area contributed by atoms with Crippen molar-refractivity contribution in [3.8, 4) is 11.5 Å². The highest BCUT2D eigenvalue weighted by molar-refractivity contribution is 5.94. The molecule has 2 unspecified atom stereocenters. The topological polar surface area (TPSA) is 143 Å². The maximum absolute atomic E-state index is 12.8. The second-order valence-corrected chi connectivity index (χ2v) is 7.68. The fraction of sp³-hybridized carbons (Fsp3) is 0.348. The van der Waals surface area contributed by atoms with Gasteiger partial charge >= 0.3 is 6.03 Å². The van der Waals surface area contributed by atoms with Crippen molar-refractivity contribution in [2.24, 2.45) is 5.73 Å². The van der Waals surface area contributed by atoms with Gasteiger partial charge in [0.2, 0.25) is 0 Å². The van der Waals surface area contributed by atoms with E-state index in [0.29, 0.717) is 42.1 Å². The second-order valence-electron chi connectivity index (χ2n) is 7.68. The van der Waals surface area contributed by atoms with Crippen LogP contribution in [0, 0.1) is 0 Å². The highest BCUT2D eigenvalue weighted by Gasteiger charge is 2.29. The Balaban J connectivity index is 1.62. The van der Waals surface area contributed by atoms with Crippen molar-refractivity contribution in [2.45, 2.75) is 25.0 Å². The second kappa shape index (κ2) is 11.2. The van der Waals surface area contributed by atoms with E-state index < -0.39 is 24.0 Å². The number of benzene rings is 2. The van der Waals surface area contributed by atoms with Crippen LogP contribution in [0.4, 0.5) is 10.5 Å². The van der Waals surface area contributed by atoms with Crippen molar-refractivity contribution < 1.29 is 29.0 Å². The van der Waals surface area contributed by atoms with E-state index in [1.165, 1.54) is 0 Å². The van der Waals surface area contributed by atoms with Crippen LogP contribution in [-0.4, -0.2) is 66.8 Å². The number of primary amides is 1. The Hall–Kier alpha value is -3.79. The largest absolute Gasteiger partial charge is 0.497 e. The molecule has 5 N–H and O–H groups in total. The smallest absolute Gasteiger partial charge is 0.321 e. The average molecular weight is 456 g/mol. The van der Waals surface area contributed by atoms with E-state index in [4.69, 9.17) is 15.2 Å². The summed E-state index contributed by atoms with van der Waals surface area (Å²) in [5, 5.41) is 16.2. The lowest BCUT2D eigenvalue weighted by molar-refractivity contribution is -0.119. The number of methoxy groups -OCH3 is 1. The molecule has 176 valence electrons. The van der Waals surface area contributed by atoms with Crippen molar-refractivity contribution in [2.75, 3.05) is 32.1 Å². The molecule has 2 aromatic rings. The Labute approximate surface area is 191 Å². The fourth-order valence-corrected chi connectivity index (χ4v) is 3.48. The van der Waals surface area contributed by atoms with Crippen LogP contribution in [0.5, 0.6) is 11.5 Å². The molecule has 0 aliphatic carbocycles. The number of nitrogens with zero attached hydrogens (tertiary/aromatic N) is 1. The maximum atomic E-state index is 12.8. The van der Waals surface area contributed by atoms with E-state index in [9.17, 15) is 19.5 Å². The van der Waals surface area contributed by atoms with Crippen LogP contribution in [0.25, 0.3) is 0 Å². The minimum absolute atomic E-state index is 0.155. The number of rotatable bonds is 7. The van der Waals surface area contributed by atoms with Crippen molar-refractivity contribution in [3.63, 3.8) is 0 Å². The summed E-state index contributed by atoms with van der Waals surface area (Å²) in [5.74, 6) is 0.0326. The molecule has 1 heterocycles. The van der Waals surface area contributed by atoms with Crippen molar-refractivity contribution in [1.82, 2.24) is 10.2 Å². The van der Waals surface area contributed by atoms with Gasteiger partial charge in [0.05, 0.1) is 19.3 Å². The van der Waals surface area contributed by atoms with Gasteiger partial charge in [-0.1, -0.05) is 6.07 Å². The van der Waals surface area contributed by atoms with Crippen LogP contribution in [-0.2, 0) is 4.79 Å². The zero-order valence-electron chi connectivity index (χ0n) is 18.3. The number of likely N-dealkylation sites (tertiary alicyclic amines) is 1. The predicted octanol–water partition coefficient (Wildman–Crippen LogP) is 1.35. The number of nitrogens with two attached hydrogens (primary N) is 1. The zero-order chi connectivity index (χ0) is 23.8. The van der Waals surface area contributed by atoms with Crippen LogP contribution in [0.1, 0.15) is 23.2 Å². The van der Waals surface area contributed by atoms with E-state index >= 15 is 0 Å². The number of aliphatic hydroxyl groups excluding tert-OH is 1. The molecule has 1 saturated heterocycles. The van der Waals surface area contributed by atoms with E-state index in [-0.39, 0.29) is 19.2 Å². The lowest BCUT2D eigenvalue weighted by Gasteiger charge is -2.27. The quantitative estimate of drug-likeness (QED) is 0.495. The summed E-state index contributed by atoms with van der Waals surface area (Å²) in [6.07, 6.45) is 0.264. The summed E-state index contributed by atoms with van der Waals surface area (Å²) in [6, 6.07) is 12.2.